The topological polar surface area (TPSA) is 17.1 Å². The van der Waals surface area contributed by atoms with Gasteiger partial charge in [0.15, 0.2) is 0 Å². The Labute approximate surface area is 74.5 Å². The van der Waals surface area contributed by atoms with Gasteiger partial charge >= 0.3 is 0 Å². The average molecular weight is 166 g/mol. The fourth-order valence-electron chi connectivity index (χ4n) is 2.41. The van der Waals surface area contributed by atoms with E-state index in [2.05, 4.69) is 0 Å². The molecular formula is C11H18O. The first-order valence-electron chi connectivity index (χ1n) is 5.39. The predicted octanol–water partition coefficient (Wildman–Crippen LogP) is 2.94. The van der Waals surface area contributed by atoms with E-state index in [9.17, 15) is 4.79 Å². The number of carbonyl (C=O) groups is 1. The van der Waals surface area contributed by atoms with E-state index in [0.717, 1.165) is 18.8 Å². The van der Waals surface area contributed by atoms with Crippen molar-refractivity contribution in [1.29, 1.82) is 0 Å². The van der Waals surface area contributed by atoms with Gasteiger partial charge in [0.05, 0.1) is 0 Å². The number of ketones is 1. The van der Waals surface area contributed by atoms with Gasteiger partial charge in [0.1, 0.15) is 5.78 Å². The number of hydrogen-bond acceptors (Lipinski definition) is 1. The number of Topliss-reactive ketones (excluding diaryl/α,β-unsaturated/α-hetero) is 1. The van der Waals surface area contributed by atoms with E-state index < -0.39 is 0 Å². The Morgan fingerprint density at radius 3 is 2.42 bits per heavy atom. The molecule has 68 valence electrons. The summed E-state index contributed by atoms with van der Waals surface area (Å²) < 4.78 is 0. The van der Waals surface area contributed by atoms with Crippen LogP contribution in [0.4, 0.5) is 0 Å². The minimum Gasteiger partial charge on any atom is -0.299 e. The van der Waals surface area contributed by atoms with Crippen molar-refractivity contribution in [3.05, 3.63) is 0 Å². The highest BCUT2D eigenvalue weighted by atomic mass is 16.1. The fraction of sp³-hybridized carbons (Fsp3) is 0.909. The zero-order valence-corrected chi connectivity index (χ0v) is 7.72. The van der Waals surface area contributed by atoms with Gasteiger partial charge in [-0.05, 0) is 31.6 Å². The lowest BCUT2D eigenvalue weighted by Gasteiger charge is -2.26. The Balaban J connectivity index is 1.68. The summed E-state index contributed by atoms with van der Waals surface area (Å²) in [5, 5.41) is 0. The molecule has 1 nitrogen and oxygen atoms in total. The largest absolute Gasteiger partial charge is 0.299 e. The van der Waals surface area contributed by atoms with Crippen LogP contribution in [0, 0.1) is 11.8 Å². The lowest BCUT2D eigenvalue weighted by molar-refractivity contribution is -0.120. The maximum absolute atomic E-state index is 11.3. The molecule has 0 radical (unpaired) electrons. The third kappa shape index (κ3) is 1.70. The molecule has 0 saturated heterocycles. The summed E-state index contributed by atoms with van der Waals surface area (Å²) in [7, 11) is 0. The minimum absolute atomic E-state index is 0.464. The monoisotopic (exact) mass is 166 g/mol. The van der Waals surface area contributed by atoms with Crippen LogP contribution >= 0.6 is 0 Å². The molecule has 0 aromatic carbocycles. The number of rotatable bonds is 3. The first-order chi connectivity index (χ1) is 5.86. The van der Waals surface area contributed by atoms with Gasteiger partial charge in [-0.1, -0.05) is 19.3 Å². The normalized spacial score (nSPS) is 30.7. The first-order valence-corrected chi connectivity index (χ1v) is 5.39. The second-order valence-electron chi connectivity index (χ2n) is 4.43. The SMILES string of the molecule is O=C1CCCC1CCC1CCC1. The van der Waals surface area contributed by atoms with Crippen molar-refractivity contribution < 1.29 is 4.79 Å². The van der Waals surface area contributed by atoms with Gasteiger partial charge in [-0.15, -0.1) is 0 Å². The zero-order chi connectivity index (χ0) is 8.39. The van der Waals surface area contributed by atoms with Crippen molar-refractivity contribution in [2.45, 2.75) is 51.4 Å². The quantitative estimate of drug-likeness (QED) is 0.630. The second kappa shape index (κ2) is 3.59. The highest BCUT2D eigenvalue weighted by Gasteiger charge is 2.26. The summed E-state index contributed by atoms with van der Waals surface area (Å²) in [4.78, 5) is 11.3. The molecule has 2 fully saturated rings. The van der Waals surface area contributed by atoms with Gasteiger partial charge in [-0.25, -0.2) is 0 Å². The molecule has 1 atom stereocenters. The first kappa shape index (κ1) is 8.28. The second-order valence-corrected chi connectivity index (χ2v) is 4.43. The van der Waals surface area contributed by atoms with E-state index in [1.807, 2.05) is 0 Å². The van der Waals surface area contributed by atoms with E-state index in [1.54, 1.807) is 0 Å². The Bertz CT molecular complexity index is 170. The van der Waals surface area contributed by atoms with E-state index in [0.29, 0.717) is 11.7 Å². The molecule has 0 heterocycles. The van der Waals surface area contributed by atoms with Crippen LogP contribution < -0.4 is 0 Å². The van der Waals surface area contributed by atoms with E-state index >= 15 is 0 Å². The number of hydrogen-bond donors (Lipinski definition) is 0. The zero-order valence-electron chi connectivity index (χ0n) is 7.72. The van der Waals surface area contributed by atoms with Gasteiger partial charge in [0.25, 0.3) is 0 Å². The number of carbonyl (C=O) groups excluding carboxylic acids is 1. The summed E-state index contributed by atoms with van der Waals surface area (Å²) in [5.74, 6) is 2.00. The molecule has 0 aromatic rings. The molecule has 2 aliphatic rings. The Kier molecular flexibility index (Phi) is 2.48. The molecule has 2 rings (SSSR count). The van der Waals surface area contributed by atoms with Crippen LogP contribution in [0.5, 0.6) is 0 Å². The maximum Gasteiger partial charge on any atom is 0.135 e. The Hall–Kier alpha value is -0.330. The Morgan fingerprint density at radius 1 is 1.08 bits per heavy atom. The van der Waals surface area contributed by atoms with Crippen molar-refractivity contribution >= 4 is 5.78 Å². The van der Waals surface area contributed by atoms with Gasteiger partial charge in [-0.3, -0.25) is 4.79 Å². The van der Waals surface area contributed by atoms with Crippen LogP contribution in [0.15, 0.2) is 0 Å². The van der Waals surface area contributed by atoms with Crippen molar-refractivity contribution in [3.63, 3.8) is 0 Å². The molecule has 0 bridgehead atoms. The van der Waals surface area contributed by atoms with Crippen LogP contribution in [0.3, 0.4) is 0 Å². The van der Waals surface area contributed by atoms with E-state index in [4.69, 9.17) is 0 Å². The third-order valence-electron chi connectivity index (χ3n) is 3.58. The standard InChI is InChI=1S/C11H18O/c12-11-6-2-5-10(11)8-7-9-3-1-4-9/h9-10H,1-8H2. The molecule has 2 aliphatic carbocycles. The van der Waals surface area contributed by atoms with Crippen LogP contribution in [0.2, 0.25) is 0 Å². The molecule has 1 unspecified atom stereocenters. The molecule has 0 aliphatic heterocycles. The van der Waals surface area contributed by atoms with Gasteiger partial charge < -0.3 is 0 Å². The summed E-state index contributed by atoms with van der Waals surface area (Å²) in [6.45, 7) is 0. The van der Waals surface area contributed by atoms with E-state index in [1.165, 1.54) is 38.5 Å². The average Bonchev–Trinajstić information content (AvgIpc) is 2.33. The highest BCUT2D eigenvalue weighted by molar-refractivity contribution is 5.82. The molecule has 0 spiro atoms. The van der Waals surface area contributed by atoms with E-state index in [-0.39, 0.29) is 0 Å². The lowest BCUT2D eigenvalue weighted by atomic mass is 9.80. The van der Waals surface area contributed by atoms with Crippen LogP contribution in [-0.2, 0) is 4.79 Å². The highest BCUT2D eigenvalue weighted by Crippen LogP contribution is 2.34. The van der Waals surface area contributed by atoms with Crippen molar-refractivity contribution in [2.75, 3.05) is 0 Å². The fourth-order valence-corrected chi connectivity index (χ4v) is 2.41. The molecule has 0 aromatic heterocycles. The van der Waals surface area contributed by atoms with Gasteiger partial charge in [0, 0.05) is 12.3 Å². The molecule has 1 heteroatoms. The van der Waals surface area contributed by atoms with Crippen molar-refractivity contribution in [1.82, 2.24) is 0 Å². The van der Waals surface area contributed by atoms with Gasteiger partial charge in [0.2, 0.25) is 0 Å². The van der Waals surface area contributed by atoms with Gasteiger partial charge in [-0.2, -0.15) is 0 Å². The summed E-state index contributed by atoms with van der Waals surface area (Å²) in [6, 6.07) is 0. The van der Waals surface area contributed by atoms with Crippen LogP contribution in [0.25, 0.3) is 0 Å². The maximum atomic E-state index is 11.3. The molecular weight excluding hydrogens is 148 g/mol. The predicted molar refractivity (Wildman–Crippen MR) is 48.9 cm³/mol. The van der Waals surface area contributed by atoms with Crippen LogP contribution in [0.1, 0.15) is 51.4 Å². The van der Waals surface area contributed by atoms with Crippen molar-refractivity contribution in [3.8, 4) is 0 Å². The Morgan fingerprint density at radius 2 is 1.92 bits per heavy atom. The minimum atomic E-state index is 0.464. The lowest BCUT2D eigenvalue weighted by Crippen LogP contribution is -2.14. The summed E-state index contributed by atoms with van der Waals surface area (Å²) >= 11 is 0. The van der Waals surface area contributed by atoms with Crippen LogP contribution in [-0.4, -0.2) is 5.78 Å². The van der Waals surface area contributed by atoms with Crippen molar-refractivity contribution in [2.24, 2.45) is 11.8 Å². The smallest absolute Gasteiger partial charge is 0.135 e. The molecule has 2 saturated carbocycles. The molecule has 0 N–H and O–H groups in total. The summed E-state index contributed by atoms with van der Waals surface area (Å²) in [6.07, 6.45) is 10.0. The molecule has 12 heavy (non-hydrogen) atoms. The summed E-state index contributed by atoms with van der Waals surface area (Å²) in [5.41, 5.74) is 0. The third-order valence-corrected chi connectivity index (χ3v) is 3.58. The molecule has 0 amide bonds.